The second-order valence-electron chi connectivity index (χ2n) is 5.56. The van der Waals surface area contributed by atoms with Crippen LogP contribution in [0.4, 0.5) is 13.2 Å². The highest BCUT2D eigenvalue weighted by molar-refractivity contribution is 5.76. The number of aliphatic hydroxyl groups is 1. The van der Waals surface area contributed by atoms with Gasteiger partial charge in [0.2, 0.25) is 0 Å². The average Bonchev–Trinajstić information content (AvgIpc) is 2.59. The van der Waals surface area contributed by atoms with Crippen LogP contribution < -0.4 is 9.47 Å². The van der Waals surface area contributed by atoms with Gasteiger partial charge in [0.25, 0.3) is 0 Å². The van der Waals surface area contributed by atoms with E-state index < -0.39 is 6.36 Å². The molecule has 1 N–H and O–H groups in total. The predicted octanol–water partition coefficient (Wildman–Crippen LogP) is 3.94. The van der Waals surface area contributed by atoms with Crippen molar-refractivity contribution >= 4 is 0 Å². The zero-order valence-electron chi connectivity index (χ0n) is 13.1. The average molecular weight is 349 g/mol. The van der Waals surface area contributed by atoms with Crippen molar-refractivity contribution in [2.75, 3.05) is 6.61 Å². The molecule has 1 aliphatic heterocycles. The normalized spacial score (nSPS) is 13.6. The Bertz CT molecular complexity index is 823. The van der Waals surface area contributed by atoms with Crippen molar-refractivity contribution in [3.8, 4) is 28.7 Å². The monoisotopic (exact) mass is 349 g/mol. The largest absolute Gasteiger partial charge is 0.573 e. The van der Waals surface area contributed by atoms with E-state index in [4.69, 9.17) is 4.74 Å². The molecule has 3 rings (SSSR count). The molecule has 0 amide bonds. The summed E-state index contributed by atoms with van der Waals surface area (Å²) in [6.45, 7) is 0.192. The molecule has 0 saturated heterocycles. The maximum absolute atomic E-state index is 12.3. The molecule has 25 heavy (non-hydrogen) atoms. The molecule has 0 atom stereocenters. The Balaban J connectivity index is 2.07. The first-order valence-corrected chi connectivity index (χ1v) is 7.61. The summed E-state index contributed by atoms with van der Waals surface area (Å²) in [6.07, 6.45) is -3.34. The maximum atomic E-state index is 12.3. The fourth-order valence-electron chi connectivity index (χ4n) is 2.92. The summed E-state index contributed by atoms with van der Waals surface area (Å²) in [6, 6.07) is 9.15. The quantitative estimate of drug-likeness (QED) is 0.912. The Morgan fingerprint density at radius 1 is 1.24 bits per heavy atom. The van der Waals surface area contributed by atoms with Crippen LogP contribution in [0.1, 0.15) is 23.1 Å². The molecule has 0 fully saturated rings. The molecule has 0 unspecified atom stereocenters. The summed E-state index contributed by atoms with van der Waals surface area (Å²) in [4.78, 5) is 0. The number of hydrogen-bond acceptors (Lipinski definition) is 4. The third kappa shape index (κ3) is 3.54. The lowest BCUT2D eigenvalue weighted by Crippen LogP contribution is -2.17. The predicted molar refractivity (Wildman–Crippen MR) is 83.0 cm³/mol. The van der Waals surface area contributed by atoms with E-state index in [2.05, 4.69) is 10.8 Å². The standard InChI is InChI=1S/C18H14F3NO3/c19-18(20,21)25-13-5-3-11(4-6-13)15-8-12(10-23)16(9-22)14-2-1-7-24-17(14)15/h3-6,8,23H,1-2,7,10H2. The van der Waals surface area contributed by atoms with Gasteiger partial charge in [-0.05, 0) is 42.2 Å². The van der Waals surface area contributed by atoms with Crippen LogP contribution in [0.5, 0.6) is 11.5 Å². The molecule has 4 nitrogen and oxygen atoms in total. The minimum atomic E-state index is -4.75. The molecule has 7 heteroatoms. The molecule has 2 aromatic rings. The van der Waals surface area contributed by atoms with Crippen LogP contribution in [0.15, 0.2) is 30.3 Å². The van der Waals surface area contributed by atoms with Gasteiger partial charge in [0, 0.05) is 11.1 Å². The molecule has 0 aliphatic carbocycles. The van der Waals surface area contributed by atoms with E-state index in [9.17, 15) is 23.5 Å². The molecule has 0 bridgehead atoms. The van der Waals surface area contributed by atoms with Crippen LogP contribution in [0, 0.1) is 11.3 Å². The zero-order chi connectivity index (χ0) is 18.0. The van der Waals surface area contributed by atoms with Crippen LogP contribution in [-0.2, 0) is 13.0 Å². The highest BCUT2D eigenvalue weighted by Crippen LogP contribution is 2.40. The van der Waals surface area contributed by atoms with Gasteiger partial charge in [0.1, 0.15) is 11.5 Å². The number of benzene rings is 2. The lowest BCUT2D eigenvalue weighted by atomic mass is 9.90. The summed E-state index contributed by atoms with van der Waals surface area (Å²) in [5.41, 5.74) is 2.85. The first kappa shape index (κ1) is 17.1. The number of hydrogen-bond donors (Lipinski definition) is 1. The Morgan fingerprint density at radius 2 is 1.96 bits per heavy atom. The number of halogens is 3. The maximum Gasteiger partial charge on any atom is 0.573 e. The van der Waals surface area contributed by atoms with E-state index in [1.54, 1.807) is 6.07 Å². The lowest BCUT2D eigenvalue weighted by molar-refractivity contribution is -0.274. The molecular weight excluding hydrogens is 335 g/mol. The number of nitrogens with zero attached hydrogens (tertiary/aromatic N) is 1. The summed E-state index contributed by atoms with van der Waals surface area (Å²) >= 11 is 0. The lowest BCUT2D eigenvalue weighted by Gasteiger charge is -2.23. The summed E-state index contributed by atoms with van der Waals surface area (Å²) < 4.78 is 46.4. The van der Waals surface area contributed by atoms with Crippen LogP contribution in [0.25, 0.3) is 11.1 Å². The van der Waals surface area contributed by atoms with Crippen molar-refractivity contribution in [1.29, 1.82) is 5.26 Å². The van der Waals surface area contributed by atoms with Crippen molar-refractivity contribution in [3.05, 3.63) is 47.0 Å². The number of fused-ring (bicyclic) bond motifs is 1. The van der Waals surface area contributed by atoms with Gasteiger partial charge in [-0.2, -0.15) is 5.26 Å². The van der Waals surface area contributed by atoms with E-state index in [0.29, 0.717) is 41.0 Å². The molecule has 0 saturated carbocycles. The van der Waals surface area contributed by atoms with E-state index in [-0.39, 0.29) is 12.4 Å². The molecule has 130 valence electrons. The van der Waals surface area contributed by atoms with Gasteiger partial charge in [0.05, 0.1) is 24.8 Å². The Kier molecular flexibility index (Phi) is 4.55. The van der Waals surface area contributed by atoms with Crippen molar-refractivity contribution in [3.63, 3.8) is 0 Å². The van der Waals surface area contributed by atoms with Crippen LogP contribution >= 0.6 is 0 Å². The van der Waals surface area contributed by atoms with Gasteiger partial charge >= 0.3 is 6.36 Å². The molecule has 1 aliphatic rings. The Morgan fingerprint density at radius 3 is 2.56 bits per heavy atom. The SMILES string of the molecule is N#Cc1c(CO)cc(-c2ccc(OC(F)(F)F)cc2)c2c1CCCO2. The number of aliphatic hydroxyl groups excluding tert-OH is 1. The zero-order valence-corrected chi connectivity index (χ0v) is 13.1. The van der Waals surface area contributed by atoms with Crippen LogP contribution in [0.3, 0.4) is 0 Å². The minimum Gasteiger partial charge on any atom is -0.493 e. The third-order valence-electron chi connectivity index (χ3n) is 3.96. The smallest absolute Gasteiger partial charge is 0.493 e. The van der Waals surface area contributed by atoms with Gasteiger partial charge in [-0.3, -0.25) is 0 Å². The van der Waals surface area contributed by atoms with E-state index in [0.717, 1.165) is 12.0 Å². The van der Waals surface area contributed by atoms with E-state index >= 15 is 0 Å². The number of ether oxygens (including phenoxy) is 2. The third-order valence-corrected chi connectivity index (χ3v) is 3.96. The molecule has 0 aromatic heterocycles. The van der Waals surface area contributed by atoms with Crippen molar-refractivity contribution in [1.82, 2.24) is 0 Å². The second-order valence-corrected chi connectivity index (χ2v) is 5.56. The van der Waals surface area contributed by atoms with Gasteiger partial charge < -0.3 is 14.6 Å². The molecule has 0 radical (unpaired) electrons. The highest BCUT2D eigenvalue weighted by atomic mass is 19.4. The number of alkyl halides is 3. The van der Waals surface area contributed by atoms with Crippen molar-refractivity contribution < 1.29 is 27.8 Å². The Labute approximate surface area is 142 Å². The van der Waals surface area contributed by atoms with Gasteiger partial charge in [-0.15, -0.1) is 13.2 Å². The minimum absolute atomic E-state index is 0.307. The van der Waals surface area contributed by atoms with Crippen molar-refractivity contribution in [2.24, 2.45) is 0 Å². The number of nitriles is 1. The second kappa shape index (κ2) is 6.65. The Hall–Kier alpha value is -2.72. The molecule has 2 aromatic carbocycles. The fraction of sp³-hybridized carbons (Fsp3) is 0.278. The van der Waals surface area contributed by atoms with E-state index in [1.165, 1.54) is 24.3 Å². The fourth-order valence-corrected chi connectivity index (χ4v) is 2.92. The van der Waals surface area contributed by atoms with Gasteiger partial charge in [-0.1, -0.05) is 12.1 Å². The molecule has 0 spiro atoms. The topological polar surface area (TPSA) is 62.5 Å². The number of rotatable bonds is 3. The highest BCUT2D eigenvalue weighted by Gasteiger charge is 2.31. The summed E-state index contributed by atoms with van der Waals surface area (Å²) in [5, 5.41) is 18.9. The van der Waals surface area contributed by atoms with Gasteiger partial charge in [-0.25, -0.2) is 0 Å². The van der Waals surface area contributed by atoms with Crippen molar-refractivity contribution in [2.45, 2.75) is 25.8 Å². The summed E-state index contributed by atoms with van der Waals surface area (Å²) in [5.74, 6) is 0.228. The molecular formula is C18H14F3NO3. The first-order valence-electron chi connectivity index (χ1n) is 7.61. The van der Waals surface area contributed by atoms with Crippen LogP contribution in [0.2, 0.25) is 0 Å². The van der Waals surface area contributed by atoms with E-state index in [1.807, 2.05) is 0 Å². The first-order chi connectivity index (χ1) is 11.9. The van der Waals surface area contributed by atoms with Crippen LogP contribution in [-0.4, -0.2) is 18.1 Å². The van der Waals surface area contributed by atoms with Gasteiger partial charge in [0.15, 0.2) is 0 Å². The summed E-state index contributed by atoms with van der Waals surface area (Å²) in [7, 11) is 0. The molecule has 1 heterocycles.